The number of carbonyl (C=O) groups excluding carboxylic acids is 2. The molecule has 0 aliphatic carbocycles. The molecular weight excluding hydrogens is 494 g/mol. The van der Waals surface area contributed by atoms with E-state index in [0.29, 0.717) is 18.9 Å². The summed E-state index contributed by atoms with van der Waals surface area (Å²) in [6, 6.07) is 24.9. The van der Waals surface area contributed by atoms with Crippen LogP contribution in [0.2, 0.25) is 0 Å². The second kappa shape index (κ2) is 9.43. The lowest BCUT2D eigenvalue weighted by atomic mass is 9.89. The number of rotatable bonds is 6. The van der Waals surface area contributed by atoms with Crippen molar-refractivity contribution in [3.8, 4) is 0 Å². The highest BCUT2D eigenvalue weighted by Gasteiger charge is 2.47. The molecule has 1 aliphatic heterocycles. The predicted octanol–water partition coefficient (Wildman–Crippen LogP) is 5.16. The van der Waals surface area contributed by atoms with Crippen LogP contribution in [-0.2, 0) is 20.7 Å². The minimum atomic E-state index is -1.02. The summed E-state index contributed by atoms with van der Waals surface area (Å²) >= 11 is 3.54. The molecule has 1 aliphatic rings. The molecule has 172 valence electrons. The minimum absolute atomic E-state index is 0.204. The summed E-state index contributed by atoms with van der Waals surface area (Å²) in [6.07, 6.45) is 0.646. The van der Waals surface area contributed by atoms with Crippen LogP contribution in [0.3, 0.4) is 0 Å². The molecule has 5 rings (SSSR count). The number of esters is 1. The fraction of sp³-hybridized carbons (Fsp3) is 0.222. The Morgan fingerprint density at radius 2 is 1.79 bits per heavy atom. The molecule has 0 bridgehead atoms. The number of carbonyl (C=O) groups is 2. The van der Waals surface area contributed by atoms with E-state index in [1.807, 2.05) is 83.4 Å². The fourth-order valence-corrected chi connectivity index (χ4v) is 5.05. The van der Waals surface area contributed by atoms with E-state index in [0.717, 1.165) is 26.6 Å². The summed E-state index contributed by atoms with van der Waals surface area (Å²) in [6.45, 7) is 2.37. The number of anilines is 1. The quantitative estimate of drug-likeness (QED) is 0.262. The number of para-hydroxylation sites is 2. The normalized spacial score (nSPS) is 17.6. The Balaban J connectivity index is 1.69. The van der Waals surface area contributed by atoms with Gasteiger partial charge in [0.15, 0.2) is 5.92 Å². The van der Waals surface area contributed by atoms with Crippen molar-refractivity contribution >= 4 is 44.8 Å². The highest BCUT2D eigenvalue weighted by Crippen LogP contribution is 2.41. The van der Waals surface area contributed by atoms with Crippen LogP contribution in [0.25, 0.3) is 11.0 Å². The van der Waals surface area contributed by atoms with Crippen molar-refractivity contribution in [2.24, 2.45) is 5.92 Å². The van der Waals surface area contributed by atoms with Crippen LogP contribution in [0, 0.1) is 5.92 Å². The van der Waals surface area contributed by atoms with Gasteiger partial charge < -0.3 is 9.30 Å². The molecule has 0 saturated heterocycles. The van der Waals surface area contributed by atoms with Gasteiger partial charge in [0, 0.05) is 11.0 Å². The molecule has 0 saturated carbocycles. The van der Waals surface area contributed by atoms with Gasteiger partial charge >= 0.3 is 5.97 Å². The van der Waals surface area contributed by atoms with Crippen LogP contribution < -0.4 is 4.90 Å². The van der Waals surface area contributed by atoms with E-state index in [1.54, 1.807) is 11.8 Å². The molecule has 7 heteroatoms. The topological polar surface area (TPSA) is 64.4 Å². The Labute approximate surface area is 206 Å². The smallest absolute Gasteiger partial charge is 0.321 e. The van der Waals surface area contributed by atoms with Crippen LogP contribution in [0.4, 0.5) is 5.95 Å². The molecule has 0 N–H and O–H groups in total. The molecular formula is C27H24BrN3O3. The maximum absolute atomic E-state index is 13.9. The van der Waals surface area contributed by atoms with Crippen LogP contribution in [0.5, 0.6) is 0 Å². The number of hydrogen-bond acceptors (Lipinski definition) is 4. The molecule has 3 aromatic carbocycles. The Kier molecular flexibility index (Phi) is 6.20. The molecule has 1 amide bonds. The monoisotopic (exact) mass is 517 g/mol. The first kappa shape index (κ1) is 22.3. The maximum Gasteiger partial charge on any atom is 0.321 e. The Hall–Kier alpha value is -3.45. The van der Waals surface area contributed by atoms with Crippen molar-refractivity contribution in [3.63, 3.8) is 0 Å². The number of nitrogens with zero attached hydrogens (tertiary/aromatic N) is 3. The van der Waals surface area contributed by atoms with Crippen LogP contribution >= 0.6 is 15.9 Å². The highest BCUT2D eigenvalue weighted by molar-refractivity contribution is 9.10. The lowest BCUT2D eigenvalue weighted by Crippen LogP contribution is -2.50. The third-order valence-corrected chi connectivity index (χ3v) is 6.64. The summed E-state index contributed by atoms with van der Waals surface area (Å²) in [7, 11) is 0. The van der Waals surface area contributed by atoms with Crippen molar-refractivity contribution in [3.05, 3.63) is 94.5 Å². The first-order valence-electron chi connectivity index (χ1n) is 11.3. The molecule has 2 heterocycles. The molecule has 2 atom stereocenters. The van der Waals surface area contributed by atoms with Gasteiger partial charge in [-0.25, -0.2) is 4.98 Å². The summed E-state index contributed by atoms with van der Waals surface area (Å²) in [4.78, 5) is 33.7. The third-order valence-electron chi connectivity index (χ3n) is 6.14. The Morgan fingerprint density at radius 1 is 1.03 bits per heavy atom. The lowest BCUT2D eigenvalue weighted by Gasteiger charge is -2.38. The number of benzene rings is 3. The molecule has 0 spiro atoms. The fourth-order valence-electron chi connectivity index (χ4n) is 4.64. The summed E-state index contributed by atoms with van der Waals surface area (Å²) in [5.74, 6) is -1.28. The standard InChI is InChI=1S/C27H24BrN3O3/c1-2-34-26(33)23-24(19-11-8-12-20(28)17-19)31-22-14-7-6-13-21(22)29-27(31)30(25(23)32)16-15-18-9-4-3-5-10-18/h3-14,17,23-24H,2,15-16H2,1H3/t23-,24+/m1/s1. The number of amides is 1. The molecule has 6 nitrogen and oxygen atoms in total. The zero-order valence-corrected chi connectivity index (χ0v) is 20.3. The molecule has 0 unspecified atom stereocenters. The SMILES string of the molecule is CCOC(=O)[C@H]1C(=O)N(CCc2ccccc2)c2nc3ccccc3n2[C@H]1c1cccc(Br)c1. The first-order chi connectivity index (χ1) is 16.6. The lowest BCUT2D eigenvalue weighted by molar-refractivity contribution is -0.153. The van der Waals surface area contributed by atoms with E-state index in [4.69, 9.17) is 9.72 Å². The third kappa shape index (κ3) is 4.01. The molecule has 1 aromatic heterocycles. The summed E-state index contributed by atoms with van der Waals surface area (Å²) in [5, 5.41) is 0. The van der Waals surface area contributed by atoms with Crippen molar-refractivity contribution < 1.29 is 14.3 Å². The minimum Gasteiger partial charge on any atom is -0.465 e. The Morgan fingerprint density at radius 3 is 2.56 bits per heavy atom. The maximum atomic E-state index is 13.9. The van der Waals surface area contributed by atoms with Gasteiger partial charge in [0.1, 0.15) is 0 Å². The number of halogens is 1. The average molecular weight is 518 g/mol. The van der Waals surface area contributed by atoms with E-state index >= 15 is 0 Å². The Bertz CT molecular complexity index is 1350. The number of hydrogen-bond donors (Lipinski definition) is 0. The van der Waals surface area contributed by atoms with Crippen LogP contribution in [0.1, 0.15) is 24.1 Å². The van der Waals surface area contributed by atoms with Gasteiger partial charge in [-0.2, -0.15) is 0 Å². The van der Waals surface area contributed by atoms with E-state index in [2.05, 4.69) is 15.9 Å². The number of aromatic nitrogens is 2. The van der Waals surface area contributed by atoms with Gasteiger partial charge in [-0.05, 0) is 48.7 Å². The van der Waals surface area contributed by atoms with E-state index in [1.165, 1.54) is 0 Å². The van der Waals surface area contributed by atoms with Crippen LogP contribution in [-0.4, -0.2) is 34.6 Å². The number of ether oxygens (including phenoxy) is 1. The molecule has 0 fully saturated rings. The van der Waals surface area contributed by atoms with Gasteiger partial charge in [0.05, 0.1) is 23.7 Å². The van der Waals surface area contributed by atoms with Gasteiger partial charge in [0.25, 0.3) is 0 Å². The van der Waals surface area contributed by atoms with Crippen LogP contribution in [0.15, 0.2) is 83.3 Å². The van der Waals surface area contributed by atoms with Gasteiger partial charge in [0.2, 0.25) is 11.9 Å². The van der Waals surface area contributed by atoms with Crippen molar-refractivity contribution in [1.82, 2.24) is 9.55 Å². The number of imidazole rings is 1. The van der Waals surface area contributed by atoms with Crippen molar-refractivity contribution in [2.45, 2.75) is 19.4 Å². The van der Waals surface area contributed by atoms with Crippen molar-refractivity contribution in [1.29, 1.82) is 0 Å². The largest absolute Gasteiger partial charge is 0.465 e. The highest BCUT2D eigenvalue weighted by atomic mass is 79.9. The van der Waals surface area contributed by atoms with Crippen molar-refractivity contribution in [2.75, 3.05) is 18.1 Å². The van der Waals surface area contributed by atoms with Gasteiger partial charge in [-0.3, -0.25) is 14.5 Å². The zero-order valence-electron chi connectivity index (χ0n) is 18.7. The second-order valence-corrected chi connectivity index (χ2v) is 9.14. The average Bonchev–Trinajstić information content (AvgIpc) is 3.22. The first-order valence-corrected chi connectivity index (χ1v) is 12.1. The summed E-state index contributed by atoms with van der Waals surface area (Å²) < 4.78 is 8.31. The number of fused-ring (bicyclic) bond motifs is 3. The van der Waals surface area contributed by atoms with E-state index in [9.17, 15) is 9.59 Å². The van der Waals surface area contributed by atoms with E-state index in [-0.39, 0.29) is 12.5 Å². The second-order valence-electron chi connectivity index (χ2n) is 8.23. The van der Waals surface area contributed by atoms with Gasteiger partial charge in [-0.1, -0.05) is 70.5 Å². The summed E-state index contributed by atoms with van der Waals surface area (Å²) in [5.41, 5.74) is 3.60. The zero-order chi connectivity index (χ0) is 23.7. The van der Waals surface area contributed by atoms with Gasteiger partial charge in [-0.15, -0.1) is 0 Å². The molecule has 4 aromatic rings. The predicted molar refractivity (Wildman–Crippen MR) is 135 cm³/mol. The molecule has 34 heavy (non-hydrogen) atoms. The molecule has 0 radical (unpaired) electrons. The van der Waals surface area contributed by atoms with E-state index < -0.39 is 17.9 Å².